The minimum atomic E-state index is -3.41. The Morgan fingerprint density at radius 1 is 1.32 bits per heavy atom. The van der Waals surface area contributed by atoms with Gasteiger partial charge < -0.3 is 10.5 Å². The minimum Gasteiger partial charge on any atom is -0.376 e. The zero-order valence-corrected chi connectivity index (χ0v) is 12.6. The maximum absolute atomic E-state index is 12.7. The van der Waals surface area contributed by atoms with Gasteiger partial charge in [-0.05, 0) is 25.7 Å². The Kier molecular flexibility index (Phi) is 4.84. The molecule has 7 heteroatoms. The van der Waals surface area contributed by atoms with Crippen LogP contribution in [0.1, 0.15) is 26.7 Å². The van der Waals surface area contributed by atoms with Crippen LogP contribution in [0.25, 0.3) is 0 Å². The van der Waals surface area contributed by atoms with E-state index in [1.165, 1.54) is 0 Å². The second-order valence-corrected chi connectivity index (χ2v) is 7.46. The molecular weight excluding hydrogens is 266 g/mol. The summed E-state index contributed by atoms with van der Waals surface area (Å²) in [6.45, 7) is 6.30. The summed E-state index contributed by atoms with van der Waals surface area (Å²) < 4.78 is 34.1. The summed E-state index contributed by atoms with van der Waals surface area (Å²) in [7, 11) is -3.41. The third kappa shape index (κ3) is 3.11. The number of ether oxygens (including phenoxy) is 1. The van der Waals surface area contributed by atoms with E-state index in [9.17, 15) is 8.42 Å². The van der Waals surface area contributed by atoms with Gasteiger partial charge in [-0.2, -0.15) is 17.0 Å². The van der Waals surface area contributed by atoms with E-state index < -0.39 is 10.2 Å². The third-order valence-electron chi connectivity index (χ3n) is 4.13. The van der Waals surface area contributed by atoms with Crippen LogP contribution in [0.2, 0.25) is 0 Å². The van der Waals surface area contributed by atoms with Crippen molar-refractivity contribution in [3.63, 3.8) is 0 Å². The molecule has 0 unspecified atom stereocenters. The highest BCUT2D eigenvalue weighted by Crippen LogP contribution is 2.27. The van der Waals surface area contributed by atoms with E-state index in [-0.39, 0.29) is 12.1 Å². The van der Waals surface area contributed by atoms with Crippen LogP contribution in [0.3, 0.4) is 0 Å². The minimum absolute atomic E-state index is 0.0398. The molecule has 2 N–H and O–H groups in total. The van der Waals surface area contributed by atoms with Crippen LogP contribution in [0.15, 0.2) is 0 Å². The first-order valence-electron chi connectivity index (χ1n) is 7.05. The average molecular weight is 291 g/mol. The van der Waals surface area contributed by atoms with Gasteiger partial charge in [-0.15, -0.1) is 0 Å². The molecule has 2 fully saturated rings. The largest absolute Gasteiger partial charge is 0.376 e. The van der Waals surface area contributed by atoms with Gasteiger partial charge in [0.05, 0.1) is 12.7 Å². The average Bonchev–Trinajstić information content (AvgIpc) is 2.38. The second kappa shape index (κ2) is 6.05. The van der Waals surface area contributed by atoms with E-state index in [0.29, 0.717) is 38.7 Å². The highest BCUT2D eigenvalue weighted by Gasteiger charge is 2.40. The lowest BCUT2D eigenvalue weighted by Gasteiger charge is -2.42. The lowest BCUT2D eigenvalue weighted by Crippen LogP contribution is -2.58. The van der Waals surface area contributed by atoms with Crippen molar-refractivity contribution in [2.24, 2.45) is 11.7 Å². The molecule has 0 aliphatic carbocycles. The lowest BCUT2D eigenvalue weighted by atomic mass is 9.93. The number of piperidine rings is 1. The Hall–Kier alpha value is -0.210. The Morgan fingerprint density at radius 3 is 2.68 bits per heavy atom. The van der Waals surface area contributed by atoms with Gasteiger partial charge in [0.25, 0.3) is 10.2 Å². The van der Waals surface area contributed by atoms with Crippen molar-refractivity contribution < 1.29 is 13.2 Å². The first kappa shape index (κ1) is 15.2. The molecule has 2 rings (SSSR count). The van der Waals surface area contributed by atoms with Crippen molar-refractivity contribution in [3.05, 3.63) is 0 Å². The van der Waals surface area contributed by atoms with Gasteiger partial charge in [0.1, 0.15) is 0 Å². The van der Waals surface area contributed by atoms with Crippen LogP contribution in [0.4, 0.5) is 0 Å². The van der Waals surface area contributed by atoms with Crippen molar-refractivity contribution in [1.82, 2.24) is 8.61 Å². The summed E-state index contributed by atoms with van der Waals surface area (Å²) in [5.41, 5.74) is 5.79. The number of hydrogen-bond donors (Lipinski definition) is 1. The van der Waals surface area contributed by atoms with E-state index in [1.807, 2.05) is 6.92 Å². The molecule has 6 nitrogen and oxygen atoms in total. The third-order valence-corrected chi connectivity index (χ3v) is 6.16. The molecule has 0 radical (unpaired) electrons. The first-order chi connectivity index (χ1) is 8.96. The predicted octanol–water partition coefficient (Wildman–Crippen LogP) is 0.0111. The van der Waals surface area contributed by atoms with Gasteiger partial charge in [-0.25, -0.2) is 0 Å². The molecule has 0 amide bonds. The number of morpholine rings is 1. The fraction of sp³-hybridized carbons (Fsp3) is 1.00. The topological polar surface area (TPSA) is 75.9 Å². The lowest BCUT2D eigenvalue weighted by molar-refractivity contribution is 0.00687. The van der Waals surface area contributed by atoms with Crippen molar-refractivity contribution >= 4 is 10.2 Å². The monoisotopic (exact) mass is 291 g/mol. The normalized spacial score (nSPS) is 35.4. The zero-order chi connectivity index (χ0) is 14.0. The van der Waals surface area contributed by atoms with E-state index in [0.717, 1.165) is 12.8 Å². The summed E-state index contributed by atoms with van der Waals surface area (Å²) >= 11 is 0. The Labute approximate surface area is 116 Å². The van der Waals surface area contributed by atoms with Gasteiger partial charge in [0, 0.05) is 32.2 Å². The molecule has 0 aromatic rings. The highest BCUT2D eigenvalue weighted by atomic mass is 32.2. The van der Waals surface area contributed by atoms with E-state index >= 15 is 0 Å². The Balaban J connectivity index is 2.17. The number of hydrogen-bond acceptors (Lipinski definition) is 4. The molecule has 19 heavy (non-hydrogen) atoms. The van der Waals surface area contributed by atoms with E-state index in [1.54, 1.807) is 8.61 Å². The maximum atomic E-state index is 12.7. The van der Waals surface area contributed by atoms with Crippen molar-refractivity contribution in [2.75, 3.05) is 32.8 Å². The molecule has 0 aromatic carbocycles. The predicted molar refractivity (Wildman–Crippen MR) is 73.9 cm³/mol. The standard InChI is InChI=1S/C12H25N3O3S/c1-10-4-3-5-15(12(10)8-13)19(16,17)14-6-7-18-11(2)9-14/h10-12H,3-9,13H2,1-2H3/t10-,11+,12-/m0/s1. The molecule has 2 heterocycles. The van der Waals surface area contributed by atoms with E-state index in [4.69, 9.17) is 10.5 Å². The number of nitrogens with zero attached hydrogens (tertiary/aromatic N) is 2. The summed E-state index contributed by atoms with van der Waals surface area (Å²) in [6.07, 6.45) is 1.92. The van der Waals surface area contributed by atoms with Crippen LogP contribution in [-0.4, -0.2) is 62.0 Å². The molecule has 0 bridgehead atoms. The van der Waals surface area contributed by atoms with Crippen LogP contribution < -0.4 is 5.73 Å². The molecule has 2 aliphatic rings. The van der Waals surface area contributed by atoms with E-state index in [2.05, 4.69) is 6.92 Å². The highest BCUT2D eigenvalue weighted by molar-refractivity contribution is 7.86. The van der Waals surface area contributed by atoms with Crippen LogP contribution in [0.5, 0.6) is 0 Å². The smallest absolute Gasteiger partial charge is 0.282 e. The fourth-order valence-corrected chi connectivity index (χ4v) is 4.99. The quantitative estimate of drug-likeness (QED) is 0.795. The van der Waals surface area contributed by atoms with Crippen LogP contribution in [0, 0.1) is 5.92 Å². The van der Waals surface area contributed by atoms with Gasteiger partial charge in [-0.1, -0.05) is 6.92 Å². The maximum Gasteiger partial charge on any atom is 0.282 e. The fourth-order valence-electron chi connectivity index (χ4n) is 2.99. The number of nitrogens with two attached hydrogens (primary N) is 1. The molecule has 0 saturated carbocycles. The van der Waals surface area contributed by atoms with Crippen LogP contribution >= 0.6 is 0 Å². The molecule has 2 aliphatic heterocycles. The Bertz CT molecular complexity index is 401. The summed E-state index contributed by atoms with van der Waals surface area (Å²) in [6, 6.07) is -0.0723. The summed E-state index contributed by atoms with van der Waals surface area (Å²) in [4.78, 5) is 0. The second-order valence-electron chi connectivity index (χ2n) is 5.58. The first-order valence-corrected chi connectivity index (χ1v) is 8.45. The SMILES string of the molecule is C[C@@H]1CN(S(=O)(=O)N2CCC[C@H](C)[C@@H]2CN)CCO1. The van der Waals surface area contributed by atoms with Crippen LogP contribution in [-0.2, 0) is 14.9 Å². The van der Waals surface area contributed by atoms with Gasteiger partial charge in [0.2, 0.25) is 0 Å². The molecule has 0 spiro atoms. The van der Waals surface area contributed by atoms with Crippen molar-refractivity contribution in [3.8, 4) is 0 Å². The number of rotatable bonds is 3. The summed E-state index contributed by atoms with van der Waals surface area (Å²) in [5, 5.41) is 0. The zero-order valence-electron chi connectivity index (χ0n) is 11.8. The van der Waals surface area contributed by atoms with Gasteiger partial charge in [0.15, 0.2) is 0 Å². The molecule has 2 saturated heterocycles. The van der Waals surface area contributed by atoms with Gasteiger partial charge in [-0.3, -0.25) is 0 Å². The van der Waals surface area contributed by atoms with Crippen molar-refractivity contribution in [2.45, 2.75) is 38.8 Å². The Morgan fingerprint density at radius 2 is 2.05 bits per heavy atom. The van der Waals surface area contributed by atoms with Crippen molar-refractivity contribution in [1.29, 1.82) is 0 Å². The molecule has 0 aromatic heterocycles. The molecule has 3 atom stereocenters. The molecular formula is C12H25N3O3S. The van der Waals surface area contributed by atoms with Gasteiger partial charge >= 0.3 is 0 Å². The summed E-state index contributed by atoms with van der Waals surface area (Å²) in [5.74, 6) is 0.326. The molecule has 112 valence electrons.